The summed E-state index contributed by atoms with van der Waals surface area (Å²) in [7, 11) is 2.18. The second-order valence-corrected chi connectivity index (χ2v) is 5.47. The first-order valence-corrected chi connectivity index (χ1v) is 6.43. The van der Waals surface area contributed by atoms with E-state index in [-0.39, 0.29) is 30.9 Å². The van der Waals surface area contributed by atoms with E-state index in [1.165, 1.54) is 12.8 Å². The molecular weight excluding hydrogens is 218 g/mol. The van der Waals surface area contributed by atoms with Gasteiger partial charge in [-0.15, -0.1) is 0 Å². The Kier molecular flexibility index (Phi) is 2.58. The van der Waals surface area contributed by atoms with E-state index in [0.29, 0.717) is 12.1 Å². The van der Waals surface area contributed by atoms with Gasteiger partial charge in [-0.1, -0.05) is 0 Å². The average molecular weight is 237 g/mol. The molecule has 3 heterocycles. The predicted octanol–water partition coefficient (Wildman–Crippen LogP) is -0.430. The van der Waals surface area contributed by atoms with Gasteiger partial charge < -0.3 is 15.1 Å². The first kappa shape index (κ1) is 11.0. The molecule has 0 spiro atoms. The molecule has 3 atom stereocenters. The van der Waals surface area contributed by atoms with E-state index in [1.54, 1.807) is 4.90 Å². The van der Waals surface area contributed by atoms with Gasteiger partial charge in [-0.05, 0) is 32.7 Å². The van der Waals surface area contributed by atoms with Gasteiger partial charge in [0.15, 0.2) is 0 Å². The third kappa shape index (κ3) is 1.82. The summed E-state index contributed by atoms with van der Waals surface area (Å²) in [6.45, 7) is 0.438. The van der Waals surface area contributed by atoms with Gasteiger partial charge in [-0.3, -0.25) is 9.59 Å². The Labute approximate surface area is 101 Å². The van der Waals surface area contributed by atoms with Crippen molar-refractivity contribution in [1.82, 2.24) is 15.1 Å². The summed E-state index contributed by atoms with van der Waals surface area (Å²) < 4.78 is 0. The van der Waals surface area contributed by atoms with Gasteiger partial charge in [-0.2, -0.15) is 0 Å². The van der Waals surface area contributed by atoms with Crippen molar-refractivity contribution in [3.8, 4) is 0 Å². The number of rotatable bonds is 1. The highest BCUT2D eigenvalue weighted by Gasteiger charge is 2.42. The maximum atomic E-state index is 11.9. The van der Waals surface area contributed by atoms with E-state index in [4.69, 9.17) is 0 Å². The first-order chi connectivity index (χ1) is 8.15. The average Bonchev–Trinajstić information content (AvgIpc) is 2.55. The monoisotopic (exact) mass is 237 g/mol. The Morgan fingerprint density at radius 2 is 1.76 bits per heavy atom. The number of amides is 2. The fourth-order valence-corrected chi connectivity index (χ4v) is 3.54. The van der Waals surface area contributed by atoms with Crippen LogP contribution in [0.4, 0.5) is 0 Å². The lowest BCUT2D eigenvalue weighted by atomic mass is 9.96. The maximum Gasteiger partial charge on any atom is 0.242 e. The summed E-state index contributed by atoms with van der Waals surface area (Å²) in [5.74, 6) is 0.0643. The Balaban J connectivity index is 1.72. The van der Waals surface area contributed by atoms with Crippen molar-refractivity contribution >= 4 is 11.8 Å². The van der Waals surface area contributed by atoms with Crippen LogP contribution in [-0.2, 0) is 9.59 Å². The van der Waals surface area contributed by atoms with Crippen molar-refractivity contribution in [1.29, 1.82) is 0 Å². The number of nitrogens with one attached hydrogen (secondary N) is 1. The number of carbonyl (C=O) groups is 2. The van der Waals surface area contributed by atoms with Gasteiger partial charge >= 0.3 is 0 Å². The lowest BCUT2D eigenvalue weighted by Gasteiger charge is -2.42. The molecule has 0 aromatic carbocycles. The predicted molar refractivity (Wildman–Crippen MR) is 62.3 cm³/mol. The summed E-state index contributed by atoms with van der Waals surface area (Å²) in [6, 6.07) is 1.50. The quantitative estimate of drug-likeness (QED) is 0.673. The molecule has 0 aromatic rings. The first-order valence-electron chi connectivity index (χ1n) is 6.43. The van der Waals surface area contributed by atoms with E-state index in [2.05, 4.69) is 17.3 Å². The van der Waals surface area contributed by atoms with Crippen LogP contribution in [0.5, 0.6) is 0 Å². The Hall–Kier alpha value is -1.10. The second kappa shape index (κ2) is 3.98. The number of carbonyl (C=O) groups excluding carboxylic acids is 2. The molecule has 94 valence electrons. The molecule has 2 amide bonds. The SMILES string of the molecule is CN1[C@@H]2CC[C@H]1CC(N1CC(=O)NCC1=O)C2. The zero-order valence-corrected chi connectivity index (χ0v) is 10.2. The van der Waals surface area contributed by atoms with Gasteiger partial charge in [0.25, 0.3) is 0 Å². The fraction of sp³-hybridized carbons (Fsp3) is 0.833. The molecule has 2 bridgehead atoms. The van der Waals surface area contributed by atoms with Crippen molar-refractivity contribution in [3.63, 3.8) is 0 Å². The number of hydrogen-bond acceptors (Lipinski definition) is 3. The minimum absolute atomic E-state index is 0.0177. The molecule has 5 nitrogen and oxygen atoms in total. The molecule has 1 unspecified atom stereocenters. The standard InChI is InChI=1S/C12H19N3O2/c1-14-8-2-3-9(14)5-10(4-8)15-7-11(16)13-6-12(15)17/h8-10H,2-7H2,1H3,(H,13,16)/t8-,9+,10?. The zero-order chi connectivity index (χ0) is 12.0. The van der Waals surface area contributed by atoms with Crippen LogP contribution < -0.4 is 5.32 Å². The van der Waals surface area contributed by atoms with Gasteiger partial charge in [0.05, 0.1) is 13.1 Å². The van der Waals surface area contributed by atoms with Crippen LogP contribution in [-0.4, -0.2) is 59.9 Å². The van der Waals surface area contributed by atoms with Crippen LogP contribution >= 0.6 is 0 Å². The number of nitrogens with zero attached hydrogens (tertiary/aromatic N) is 2. The van der Waals surface area contributed by atoms with Crippen LogP contribution in [0.2, 0.25) is 0 Å². The van der Waals surface area contributed by atoms with Gasteiger partial charge in [0.2, 0.25) is 11.8 Å². The molecule has 3 saturated heterocycles. The van der Waals surface area contributed by atoms with Crippen molar-refractivity contribution in [2.24, 2.45) is 0 Å². The number of hydrogen-bond donors (Lipinski definition) is 1. The lowest BCUT2D eigenvalue weighted by molar-refractivity contribution is -0.144. The molecule has 3 rings (SSSR count). The van der Waals surface area contributed by atoms with E-state index < -0.39 is 0 Å². The molecule has 0 aliphatic carbocycles. The van der Waals surface area contributed by atoms with Crippen LogP contribution in [0.3, 0.4) is 0 Å². The number of fused-ring (bicyclic) bond motifs is 2. The molecule has 3 fully saturated rings. The molecule has 0 aromatic heterocycles. The minimum Gasteiger partial charge on any atom is -0.345 e. The van der Waals surface area contributed by atoms with Crippen molar-refractivity contribution in [3.05, 3.63) is 0 Å². The van der Waals surface area contributed by atoms with Crippen LogP contribution in [0.25, 0.3) is 0 Å². The Morgan fingerprint density at radius 1 is 1.12 bits per heavy atom. The van der Waals surface area contributed by atoms with Crippen molar-refractivity contribution < 1.29 is 9.59 Å². The highest BCUT2D eigenvalue weighted by atomic mass is 16.2. The number of piperazine rings is 1. The maximum absolute atomic E-state index is 11.9. The highest BCUT2D eigenvalue weighted by Crippen LogP contribution is 2.36. The topological polar surface area (TPSA) is 52.6 Å². The molecular formula is C12H19N3O2. The second-order valence-electron chi connectivity index (χ2n) is 5.47. The van der Waals surface area contributed by atoms with Crippen molar-refractivity contribution in [2.75, 3.05) is 20.1 Å². The molecule has 1 N–H and O–H groups in total. The summed E-state index contributed by atoms with van der Waals surface area (Å²) >= 11 is 0. The third-order valence-electron chi connectivity index (χ3n) is 4.59. The molecule has 5 heteroatoms. The summed E-state index contributed by atoms with van der Waals surface area (Å²) in [5, 5.41) is 2.61. The van der Waals surface area contributed by atoms with Crippen LogP contribution in [0.1, 0.15) is 25.7 Å². The summed E-state index contributed by atoms with van der Waals surface area (Å²) in [4.78, 5) is 27.5. The van der Waals surface area contributed by atoms with Crippen LogP contribution in [0, 0.1) is 0 Å². The minimum atomic E-state index is -0.0177. The largest absolute Gasteiger partial charge is 0.345 e. The zero-order valence-electron chi connectivity index (χ0n) is 10.2. The fourth-order valence-electron chi connectivity index (χ4n) is 3.54. The normalized spacial score (nSPS) is 38.4. The molecule has 0 saturated carbocycles. The number of piperidine rings is 1. The van der Waals surface area contributed by atoms with E-state index in [0.717, 1.165) is 12.8 Å². The Bertz CT molecular complexity index is 344. The van der Waals surface area contributed by atoms with Gasteiger partial charge in [-0.25, -0.2) is 0 Å². The molecule has 0 radical (unpaired) electrons. The van der Waals surface area contributed by atoms with Gasteiger partial charge in [0, 0.05) is 18.1 Å². The summed E-state index contributed by atoms with van der Waals surface area (Å²) in [5.41, 5.74) is 0. The third-order valence-corrected chi connectivity index (χ3v) is 4.59. The molecule has 3 aliphatic rings. The summed E-state index contributed by atoms with van der Waals surface area (Å²) in [6.07, 6.45) is 4.55. The Morgan fingerprint density at radius 3 is 2.41 bits per heavy atom. The van der Waals surface area contributed by atoms with Gasteiger partial charge in [0.1, 0.15) is 0 Å². The smallest absolute Gasteiger partial charge is 0.242 e. The molecule has 17 heavy (non-hydrogen) atoms. The van der Waals surface area contributed by atoms with E-state index in [9.17, 15) is 9.59 Å². The van der Waals surface area contributed by atoms with Crippen molar-refractivity contribution in [2.45, 2.75) is 43.8 Å². The van der Waals surface area contributed by atoms with E-state index in [1.807, 2.05) is 0 Å². The van der Waals surface area contributed by atoms with E-state index >= 15 is 0 Å². The highest BCUT2D eigenvalue weighted by molar-refractivity contribution is 5.92. The lowest BCUT2D eigenvalue weighted by Crippen LogP contribution is -2.58. The molecule has 3 aliphatic heterocycles. The van der Waals surface area contributed by atoms with Crippen LogP contribution in [0.15, 0.2) is 0 Å².